The van der Waals surface area contributed by atoms with Crippen LogP contribution in [0.25, 0.3) is 0 Å². The van der Waals surface area contributed by atoms with Gasteiger partial charge in [0, 0.05) is 18.8 Å². The summed E-state index contributed by atoms with van der Waals surface area (Å²) in [6, 6.07) is 3.50. The molecule has 0 radical (unpaired) electrons. The van der Waals surface area contributed by atoms with E-state index in [9.17, 15) is 31.1 Å². The van der Waals surface area contributed by atoms with Crippen LogP contribution >= 0.6 is 0 Å². The molecule has 1 N–H and O–H groups in total. The lowest BCUT2D eigenvalue weighted by atomic mass is 10.1. The van der Waals surface area contributed by atoms with Crippen molar-refractivity contribution >= 4 is 11.6 Å². The average Bonchev–Trinajstić information content (AvgIpc) is 2.43. The van der Waals surface area contributed by atoms with Crippen LogP contribution in [0.2, 0.25) is 0 Å². The van der Waals surface area contributed by atoms with Crippen molar-refractivity contribution in [2.24, 2.45) is 7.05 Å². The van der Waals surface area contributed by atoms with E-state index in [2.05, 4.69) is 10.3 Å². The molecule has 2 rings (SSSR count). The number of anilines is 2. The first kappa shape index (κ1) is 17.8. The fourth-order valence-electron chi connectivity index (χ4n) is 2.00. The molecule has 0 aliphatic heterocycles. The molecule has 0 aliphatic carbocycles. The summed E-state index contributed by atoms with van der Waals surface area (Å²) < 4.78 is 77.6. The van der Waals surface area contributed by atoms with E-state index in [1.54, 1.807) is 0 Å². The highest BCUT2D eigenvalue weighted by Crippen LogP contribution is 2.35. The first-order chi connectivity index (χ1) is 10.9. The zero-order valence-electron chi connectivity index (χ0n) is 12.4. The zero-order chi connectivity index (χ0) is 18.3. The van der Waals surface area contributed by atoms with Gasteiger partial charge in [0.05, 0.1) is 5.56 Å². The Morgan fingerprint density at radius 2 is 1.71 bits per heavy atom. The van der Waals surface area contributed by atoms with E-state index in [1.165, 1.54) is 6.07 Å². The van der Waals surface area contributed by atoms with Crippen molar-refractivity contribution in [3.8, 4) is 0 Å². The molecule has 10 heteroatoms. The molecule has 0 fully saturated rings. The Morgan fingerprint density at radius 3 is 2.25 bits per heavy atom. The van der Waals surface area contributed by atoms with Crippen molar-refractivity contribution in [3.05, 3.63) is 51.4 Å². The van der Waals surface area contributed by atoms with E-state index in [0.717, 1.165) is 30.7 Å². The van der Waals surface area contributed by atoms with Crippen molar-refractivity contribution < 1.29 is 26.3 Å². The van der Waals surface area contributed by atoms with Gasteiger partial charge in [-0.2, -0.15) is 26.3 Å². The number of alkyl halides is 6. The van der Waals surface area contributed by atoms with E-state index < -0.39 is 35.1 Å². The Kier molecular flexibility index (Phi) is 4.34. The number of hydrogen-bond acceptors (Lipinski definition) is 3. The number of benzene rings is 1. The van der Waals surface area contributed by atoms with Crippen LogP contribution in [0.3, 0.4) is 0 Å². The normalized spacial score (nSPS) is 12.3. The predicted octanol–water partition coefficient (Wildman–Crippen LogP) is 3.87. The molecular weight excluding hydrogens is 340 g/mol. The first-order valence-electron chi connectivity index (χ1n) is 6.50. The summed E-state index contributed by atoms with van der Waals surface area (Å²) in [5, 5.41) is 2.36. The van der Waals surface area contributed by atoms with E-state index in [1.807, 2.05) is 0 Å². The van der Waals surface area contributed by atoms with Crippen molar-refractivity contribution in [1.82, 2.24) is 9.55 Å². The summed E-state index contributed by atoms with van der Waals surface area (Å²) in [5.74, 6) is -0.516. The van der Waals surface area contributed by atoms with Gasteiger partial charge in [-0.15, -0.1) is 0 Å². The number of hydrogen-bond donors (Lipinski definition) is 1. The topological polar surface area (TPSA) is 46.9 Å². The highest BCUT2D eigenvalue weighted by Gasteiger charge is 2.35. The van der Waals surface area contributed by atoms with Crippen LogP contribution in [0.4, 0.5) is 38.0 Å². The molecule has 0 amide bonds. The molecule has 130 valence electrons. The average molecular weight is 351 g/mol. The second-order valence-corrected chi connectivity index (χ2v) is 4.96. The number of aromatic nitrogens is 2. The molecular formula is C14H11F6N3O. The van der Waals surface area contributed by atoms with Gasteiger partial charge in [-0.1, -0.05) is 6.07 Å². The van der Waals surface area contributed by atoms with Crippen LogP contribution in [0.15, 0.2) is 29.1 Å². The lowest BCUT2D eigenvalue weighted by Gasteiger charge is -2.17. The Bertz CT molecular complexity index is 823. The standard InChI is InChI=1S/C14H11F6N3O/c1-7-8(13(15,16)17)4-3-5-9(7)21-12-22-10(14(18,19)20)6-11(24)23(12)2/h3-6H,1-2H3,(H,21,22). The molecule has 0 aliphatic rings. The molecule has 1 heterocycles. The molecule has 4 nitrogen and oxygen atoms in total. The van der Waals surface area contributed by atoms with Crippen LogP contribution < -0.4 is 10.9 Å². The minimum absolute atomic E-state index is 0.105. The van der Waals surface area contributed by atoms with Gasteiger partial charge >= 0.3 is 12.4 Å². The monoisotopic (exact) mass is 351 g/mol. The summed E-state index contributed by atoms with van der Waals surface area (Å²) in [4.78, 5) is 14.9. The van der Waals surface area contributed by atoms with E-state index in [-0.39, 0.29) is 11.3 Å². The number of halogens is 6. The summed E-state index contributed by atoms with van der Waals surface area (Å²) in [6.07, 6.45) is -9.47. The van der Waals surface area contributed by atoms with Gasteiger partial charge in [-0.05, 0) is 24.6 Å². The van der Waals surface area contributed by atoms with Gasteiger partial charge in [0.2, 0.25) is 5.95 Å². The summed E-state index contributed by atoms with van der Waals surface area (Å²) >= 11 is 0. The molecule has 0 spiro atoms. The van der Waals surface area contributed by atoms with Crippen LogP contribution in [-0.4, -0.2) is 9.55 Å². The molecule has 24 heavy (non-hydrogen) atoms. The maximum Gasteiger partial charge on any atom is 0.433 e. The third-order valence-corrected chi connectivity index (χ3v) is 3.31. The Balaban J connectivity index is 2.53. The van der Waals surface area contributed by atoms with Crippen LogP contribution in [0, 0.1) is 6.92 Å². The number of nitrogens with zero attached hydrogens (tertiary/aromatic N) is 2. The molecule has 0 unspecified atom stereocenters. The minimum Gasteiger partial charge on any atom is -0.325 e. The Labute approximate surface area is 131 Å². The highest BCUT2D eigenvalue weighted by molar-refractivity contribution is 5.61. The highest BCUT2D eigenvalue weighted by atomic mass is 19.4. The van der Waals surface area contributed by atoms with Crippen LogP contribution in [0.5, 0.6) is 0 Å². The van der Waals surface area contributed by atoms with Gasteiger partial charge in [-0.3, -0.25) is 9.36 Å². The van der Waals surface area contributed by atoms with E-state index >= 15 is 0 Å². The van der Waals surface area contributed by atoms with Gasteiger partial charge in [-0.25, -0.2) is 4.98 Å². The lowest BCUT2D eigenvalue weighted by molar-refractivity contribution is -0.141. The molecule has 1 aromatic carbocycles. The van der Waals surface area contributed by atoms with Gasteiger partial charge in [0.15, 0.2) is 5.69 Å². The smallest absolute Gasteiger partial charge is 0.325 e. The second kappa shape index (κ2) is 5.84. The Morgan fingerprint density at radius 1 is 1.08 bits per heavy atom. The zero-order valence-corrected chi connectivity index (χ0v) is 12.4. The first-order valence-corrected chi connectivity index (χ1v) is 6.50. The molecule has 2 aromatic rings. The summed E-state index contributed by atoms with van der Waals surface area (Å²) in [7, 11) is 1.15. The van der Waals surface area contributed by atoms with E-state index in [4.69, 9.17) is 0 Å². The second-order valence-electron chi connectivity index (χ2n) is 4.96. The minimum atomic E-state index is -4.85. The van der Waals surface area contributed by atoms with Gasteiger partial charge in [0.1, 0.15) is 0 Å². The maximum absolute atomic E-state index is 12.9. The van der Waals surface area contributed by atoms with Gasteiger partial charge in [0.25, 0.3) is 5.56 Å². The van der Waals surface area contributed by atoms with Gasteiger partial charge < -0.3 is 5.32 Å². The summed E-state index contributed by atoms with van der Waals surface area (Å²) in [5.41, 5.74) is -3.70. The quantitative estimate of drug-likeness (QED) is 0.836. The molecule has 0 bridgehead atoms. The number of nitrogens with one attached hydrogen (secondary N) is 1. The third kappa shape index (κ3) is 3.52. The predicted molar refractivity (Wildman–Crippen MR) is 73.9 cm³/mol. The molecule has 0 saturated heterocycles. The maximum atomic E-state index is 12.9. The van der Waals surface area contributed by atoms with Crippen molar-refractivity contribution in [2.45, 2.75) is 19.3 Å². The fraction of sp³-hybridized carbons (Fsp3) is 0.286. The Hall–Kier alpha value is -2.52. The van der Waals surface area contributed by atoms with E-state index in [0.29, 0.717) is 6.07 Å². The number of rotatable bonds is 2. The van der Waals surface area contributed by atoms with Crippen molar-refractivity contribution in [3.63, 3.8) is 0 Å². The van der Waals surface area contributed by atoms with Crippen LogP contribution in [0.1, 0.15) is 16.8 Å². The molecule has 1 aromatic heterocycles. The third-order valence-electron chi connectivity index (χ3n) is 3.31. The molecule has 0 atom stereocenters. The lowest BCUT2D eigenvalue weighted by Crippen LogP contribution is -2.24. The van der Waals surface area contributed by atoms with Crippen LogP contribution in [-0.2, 0) is 19.4 Å². The molecule has 0 saturated carbocycles. The van der Waals surface area contributed by atoms with Crippen molar-refractivity contribution in [2.75, 3.05) is 5.32 Å². The largest absolute Gasteiger partial charge is 0.433 e. The SMILES string of the molecule is Cc1c(Nc2nc(C(F)(F)F)cc(=O)n2C)cccc1C(F)(F)F. The fourth-order valence-corrected chi connectivity index (χ4v) is 2.00. The van der Waals surface area contributed by atoms with Crippen molar-refractivity contribution in [1.29, 1.82) is 0 Å². The summed E-state index contributed by atoms with van der Waals surface area (Å²) in [6.45, 7) is 1.16.